The summed E-state index contributed by atoms with van der Waals surface area (Å²) in [5, 5.41) is 3.36. The number of nitrogens with zero attached hydrogens (tertiary/aromatic N) is 2. The minimum atomic E-state index is -3.52. The lowest BCUT2D eigenvalue weighted by atomic mass is 10.0. The molecule has 1 aliphatic rings. The number of nitrogens with one attached hydrogen (secondary N) is 1. The molecule has 0 fully saturated rings. The first-order chi connectivity index (χ1) is 10.8. The molecule has 0 amide bonds. The Kier molecular flexibility index (Phi) is 5.81. The molecule has 1 aromatic heterocycles. The summed E-state index contributed by atoms with van der Waals surface area (Å²) in [5.41, 5.74) is 0. The summed E-state index contributed by atoms with van der Waals surface area (Å²) in [6.45, 7) is 7.55. The van der Waals surface area contributed by atoms with E-state index in [2.05, 4.69) is 22.5 Å². The van der Waals surface area contributed by atoms with Crippen molar-refractivity contribution in [2.75, 3.05) is 5.32 Å². The summed E-state index contributed by atoms with van der Waals surface area (Å²) >= 11 is 0. The highest BCUT2D eigenvalue weighted by Gasteiger charge is 2.29. The fourth-order valence-electron chi connectivity index (χ4n) is 3.03. The van der Waals surface area contributed by atoms with Crippen LogP contribution in [0.2, 0.25) is 0 Å². The Labute approximate surface area is 139 Å². The van der Waals surface area contributed by atoms with Crippen LogP contribution in [0.4, 0.5) is 5.82 Å². The minimum absolute atomic E-state index is 0.0909. The molecule has 0 radical (unpaired) electrons. The molecule has 0 aliphatic heterocycles. The average Bonchev–Trinajstić information content (AvgIpc) is 2.47. The Balaban J connectivity index is 2.16. The standard InChI is InChI=1S/C17H27N3O2S/c1-13(2)20(14(3)4)23(21,22)16-10-11-17(18-12-16)19-15-8-6-5-7-9-15/h5-6,10-15H,7-9H2,1-4H3,(H,18,19). The highest BCUT2D eigenvalue weighted by atomic mass is 32.2. The van der Waals surface area contributed by atoms with E-state index in [9.17, 15) is 8.42 Å². The summed E-state index contributed by atoms with van der Waals surface area (Å²) < 4.78 is 27.1. The van der Waals surface area contributed by atoms with Gasteiger partial charge in [0.05, 0.1) is 0 Å². The van der Waals surface area contributed by atoms with Crippen LogP contribution < -0.4 is 5.32 Å². The maximum atomic E-state index is 12.8. The first-order valence-electron chi connectivity index (χ1n) is 8.23. The number of sulfonamides is 1. The largest absolute Gasteiger partial charge is 0.367 e. The molecule has 1 aromatic rings. The van der Waals surface area contributed by atoms with Gasteiger partial charge in [0.2, 0.25) is 10.0 Å². The topological polar surface area (TPSA) is 62.3 Å². The monoisotopic (exact) mass is 337 g/mol. The van der Waals surface area contributed by atoms with Crippen LogP contribution in [0.25, 0.3) is 0 Å². The molecule has 5 nitrogen and oxygen atoms in total. The molecule has 0 saturated carbocycles. The van der Waals surface area contributed by atoms with Crippen molar-refractivity contribution in [2.24, 2.45) is 0 Å². The van der Waals surface area contributed by atoms with E-state index >= 15 is 0 Å². The number of hydrogen-bond donors (Lipinski definition) is 1. The molecule has 1 N–H and O–H groups in total. The van der Waals surface area contributed by atoms with Crippen LogP contribution in [0.1, 0.15) is 47.0 Å². The summed E-state index contributed by atoms with van der Waals surface area (Å²) in [4.78, 5) is 4.54. The van der Waals surface area contributed by atoms with Crippen molar-refractivity contribution < 1.29 is 8.42 Å². The lowest BCUT2D eigenvalue weighted by Gasteiger charge is -2.29. The molecule has 128 valence electrons. The highest BCUT2D eigenvalue weighted by molar-refractivity contribution is 7.89. The van der Waals surface area contributed by atoms with Gasteiger partial charge >= 0.3 is 0 Å². The Morgan fingerprint density at radius 2 is 1.87 bits per heavy atom. The highest BCUT2D eigenvalue weighted by Crippen LogP contribution is 2.22. The molecule has 1 atom stereocenters. The number of pyridine rings is 1. The Bertz CT molecular complexity index is 628. The lowest BCUT2D eigenvalue weighted by Crippen LogP contribution is -2.41. The second-order valence-electron chi connectivity index (χ2n) is 6.53. The van der Waals surface area contributed by atoms with E-state index in [1.54, 1.807) is 12.1 Å². The van der Waals surface area contributed by atoms with Crippen molar-refractivity contribution in [1.29, 1.82) is 0 Å². The predicted octanol–water partition coefficient (Wildman–Crippen LogP) is 3.41. The van der Waals surface area contributed by atoms with Crippen LogP contribution in [-0.2, 0) is 10.0 Å². The van der Waals surface area contributed by atoms with Crippen molar-refractivity contribution in [2.45, 2.75) is 70.0 Å². The lowest BCUT2D eigenvalue weighted by molar-refractivity contribution is 0.302. The maximum Gasteiger partial charge on any atom is 0.245 e. The predicted molar refractivity (Wildman–Crippen MR) is 93.9 cm³/mol. The van der Waals surface area contributed by atoms with Gasteiger partial charge in [0, 0.05) is 24.3 Å². The molecule has 2 rings (SSSR count). The third-order valence-corrected chi connectivity index (χ3v) is 6.19. The number of aromatic nitrogens is 1. The molecule has 0 bridgehead atoms. The van der Waals surface area contributed by atoms with Crippen LogP contribution >= 0.6 is 0 Å². The maximum absolute atomic E-state index is 12.8. The zero-order chi connectivity index (χ0) is 17.0. The fourth-order valence-corrected chi connectivity index (χ4v) is 4.80. The van der Waals surface area contributed by atoms with Gasteiger partial charge in [-0.15, -0.1) is 0 Å². The molecule has 1 aliphatic carbocycles. The Hall–Kier alpha value is -1.40. The van der Waals surface area contributed by atoms with E-state index in [0.29, 0.717) is 6.04 Å². The SMILES string of the molecule is CC(C)N(C(C)C)S(=O)(=O)c1ccc(NC2CC=CCC2)nc1. The molecular formula is C17H27N3O2S. The molecule has 1 heterocycles. The van der Waals surface area contributed by atoms with Crippen LogP contribution in [0, 0.1) is 0 Å². The van der Waals surface area contributed by atoms with E-state index in [1.165, 1.54) is 10.5 Å². The summed E-state index contributed by atoms with van der Waals surface area (Å²) in [5.74, 6) is 0.727. The number of hydrogen-bond acceptors (Lipinski definition) is 4. The molecule has 23 heavy (non-hydrogen) atoms. The van der Waals surface area contributed by atoms with E-state index in [4.69, 9.17) is 0 Å². The third-order valence-electron chi connectivity index (χ3n) is 3.95. The molecule has 0 saturated heterocycles. The van der Waals surface area contributed by atoms with Crippen LogP contribution in [0.3, 0.4) is 0 Å². The van der Waals surface area contributed by atoms with E-state index < -0.39 is 10.0 Å². The van der Waals surface area contributed by atoms with Gasteiger partial charge in [-0.1, -0.05) is 12.2 Å². The van der Waals surface area contributed by atoms with Crippen molar-refractivity contribution in [3.8, 4) is 0 Å². The minimum Gasteiger partial charge on any atom is -0.367 e. The molecule has 6 heteroatoms. The quantitative estimate of drug-likeness (QED) is 0.808. The Morgan fingerprint density at radius 1 is 1.17 bits per heavy atom. The number of rotatable bonds is 6. The molecule has 1 unspecified atom stereocenters. The van der Waals surface area contributed by atoms with Gasteiger partial charge in [-0.05, 0) is 59.1 Å². The van der Waals surface area contributed by atoms with Gasteiger partial charge in [0.1, 0.15) is 10.7 Å². The first kappa shape index (κ1) is 17.9. The van der Waals surface area contributed by atoms with Gasteiger partial charge in [0.15, 0.2) is 0 Å². The van der Waals surface area contributed by atoms with Crippen molar-refractivity contribution in [3.05, 3.63) is 30.5 Å². The van der Waals surface area contributed by atoms with Crippen molar-refractivity contribution in [1.82, 2.24) is 9.29 Å². The van der Waals surface area contributed by atoms with Crippen LogP contribution in [0.15, 0.2) is 35.4 Å². The third kappa shape index (κ3) is 4.32. The van der Waals surface area contributed by atoms with E-state index in [1.807, 2.05) is 27.7 Å². The van der Waals surface area contributed by atoms with Gasteiger partial charge < -0.3 is 5.32 Å². The van der Waals surface area contributed by atoms with E-state index in [-0.39, 0.29) is 17.0 Å². The fraction of sp³-hybridized carbons (Fsp3) is 0.588. The zero-order valence-electron chi connectivity index (χ0n) is 14.4. The number of allylic oxidation sites excluding steroid dienone is 1. The van der Waals surface area contributed by atoms with Crippen molar-refractivity contribution >= 4 is 15.8 Å². The number of anilines is 1. The second-order valence-corrected chi connectivity index (χ2v) is 8.37. The average molecular weight is 337 g/mol. The van der Waals surface area contributed by atoms with Gasteiger partial charge in [0.25, 0.3) is 0 Å². The Morgan fingerprint density at radius 3 is 2.35 bits per heavy atom. The van der Waals surface area contributed by atoms with Crippen molar-refractivity contribution in [3.63, 3.8) is 0 Å². The smallest absolute Gasteiger partial charge is 0.245 e. The van der Waals surface area contributed by atoms with Gasteiger partial charge in [-0.25, -0.2) is 13.4 Å². The molecule has 0 aromatic carbocycles. The van der Waals surface area contributed by atoms with Crippen LogP contribution in [-0.4, -0.2) is 35.8 Å². The summed E-state index contributed by atoms with van der Waals surface area (Å²) in [7, 11) is -3.52. The molecule has 0 spiro atoms. The normalized spacial score (nSPS) is 18.8. The van der Waals surface area contributed by atoms with Crippen LogP contribution in [0.5, 0.6) is 0 Å². The summed E-state index contributed by atoms with van der Waals surface area (Å²) in [6, 6.07) is 3.59. The summed E-state index contributed by atoms with van der Waals surface area (Å²) in [6.07, 6.45) is 8.94. The van der Waals surface area contributed by atoms with E-state index in [0.717, 1.165) is 25.1 Å². The van der Waals surface area contributed by atoms with Gasteiger partial charge in [-0.3, -0.25) is 0 Å². The molecular weight excluding hydrogens is 310 g/mol. The first-order valence-corrected chi connectivity index (χ1v) is 9.67. The second kappa shape index (κ2) is 7.45. The van der Waals surface area contributed by atoms with Gasteiger partial charge in [-0.2, -0.15) is 4.31 Å². The zero-order valence-corrected chi connectivity index (χ0v) is 15.2.